The van der Waals surface area contributed by atoms with E-state index in [-0.39, 0.29) is 38.2 Å². The van der Waals surface area contributed by atoms with E-state index in [1.54, 1.807) is 0 Å². The Balaban J connectivity index is 2.86. The molecule has 0 aromatic heterocycles. The lowest BCUT2D eigenvalue weighted by Crippen LogP contribution is -2.46. The Bertz CT molecular complexity index is 1030. The average molecular weight is 550 g/mol. The number of alkyl halides is 3. The smallest absolute Gasteiger partial charge is 0.433 e. The highest BCUT2D eigenvalue weighted by atomic mass is 35.5. The third kappa shape index (κ3) is 6.15. The lowest BCUT2D eigenvalue weighted by Gasteiger charge is -2.41. The molecule has 0 saturated heterocycles. The van der Waals surface area contributed by atoms with Gasteiger partial charge in [-0.1, -0.05) is 65.0 Å². The Morgan fingerprint density at radius 1 is 0.943 bits per heavy atom. The third-order valence-corrected chi connectivity index (χ3v) is 16.3. The maximum atomic E-state index is 14.3. The normalized spacial score (nSPS) is 17.3. The standard InChI is InChI=1S/C25H39ClF3NO3Si2/c1-22(2,3)34(7,8)32-20-18(26)15-17(19(30)21(20)33-35(9,10)23(4,5)6)24(31,25(27,28)29)14-13-16-11-12-16/h15-16,31H,11-12,30H2,1-10H3/t24-/m0/s1. The molecule has 0 radical (unpaired) electrons. The molecule has 3 N–H and O–H groups in total. The van der Waals surface area contributed by atoms with Crippen LogP contribution in [-0.4, -0.2) is 27.9 Å². The van der Waals surface area contributed by atoms with Crippen molar-refractivity contribution >= 4 is 33.9 Å². The molecule has 1 aromatic carbocycles. The van der Waals surface area contributed by atoms with Gasteiger partial charge in [0.2, 0.25) is 5.60 Å². The van der Waals surface area contributed by atoms with Gasteiger partial charge in [-0.25, -0.2) is 0 Å². The molecule has 4 nitrogen and oxygen atoms in total. The van der Waals surface area contributed by atoms with Crippen LogP contribution >= 0.6 is 11.6 Å². The summed E-state index contributed by atoms with van der Waals surface area (Å²) in [4.78, 5) is 0. The van der Waals surface area contributed by atoms with Crippen molar-refractivity contribution in [3.8, 4) is 23.3 Å². The molecule has 1 aliphatic carbocycles. The summed E-state index contributed by atoms with van der Waals surface area (Å²) in [5.74, 6) is 4.50. The second-order valence-corrected chi connectivity index (χ2v) is 22.3. The van der Waals surface area contributed by atoms with Crippen LogP contribution in [0.1, 0.15) is 59.9 Å². The summed E-state index contributed by atoms with van der Waals surface area (Å²) >= 11 is 6.59. The first-order valence-electron chi connectivity index (χ1n) is 11.8. The Labute approximate surface area is 215 Å². The largest absolute Gasteiger partial charge is 0.540 e. The predicted octanol–water partition coefficient (Wildman–Crippen LogP) is 7.85. The monoisotopic (exact) mass is 549 g/mol. The van der Waals surface area contributed by atoms with Gasteiger partial charge in [-0.05, 0) is 55.2 Å². The maximum Gasteiger partial charge on any atom is 0.433 e. The van der Waals surface area contributed by atoms with Crippen LogP contribution in [0.2, 0.25) is 41.3 Å². The highest BCUT2D eigenvalue weighted by Gasteiger charge is 2.56. The topological polar surface area (TPSA) is 64.7 Å². The van der Waals surface area contributed by atoms with E-state index in [2.05, 4.69) is 11.8 Å². The fourth-order valence-corrected chi connectivity index (χ4v) is 5.00. The zero-order chi connectivity index (χ0) is 27.4. The van der Waals surface area contributed by atoms with Gasteiger partial charge >= 0.3 is 6.18 Å². The van der Waals surface area contributed by atoms with E-state index in [0.29, 0.717) is 12.8 Å². The van der Waals surface area contributed by atoms with Gasteiger partial charge in [0, 0.05) is 11.5 Å². The van der Waals surface area contributed by atoms with Crippen molar-refractivity contribution in [2.24, 2.45) is 5.92 Å². The number of rotatable bonds is 5. The van der Waals surface area contributed by atoms with Crippen molar-refractivity contribution in [2.75, 3.05) is 5.73 Å². The number of hydrogen-bond acceptors (Lipinski definition) is 4. The highest BCUT2D eigenvalue weighted by Crippen LogP contribution is 2.53. The van der Waals surface area contributed by atoms with Gasteiger partial charge < -0.3 is 19.7 Å². The maximum absolute atomic E-state index is 14.3. The van der Waals surface area contributed by atoms with Gasteiger partial charge in [-0.3, -0.25) is 0 Å². The number of nitrogen functional groups attached to an aromatic ring is 1. The quantitative estimate of drug-likeness (QED) is 0.223. The van der Waals surface area contributed by atoms with Crippen molar-refractivity contribution in [1.82, 2.24) is 0 Å². The molecule has 1 saturated carbocycles. The van der Waals surface area contributed by atoms with Gasteiger partial charge in [0.1, 0.15) is 0 Å². The van der Waals surface area contributed by atoms with Crippen LogP contribution in [0, 0.1) is 17.8 Å². The van der Waals surface area contributed by atoms with Crippen molar-refractivity contribution in [1.29, 1.82) is 0 Å². The molecule has 0 spiro atoms. The van der Waals surface area contributed by atoms with Crippen molar-refractivity contribution in [2.45, 2.75) is 102 Å². The Morgan fingerprint density at radius 3 is 1.74 bits per heavy atom. The van der Waals surface area contributed by atoms with Gasteiger partial charge in [0.05, 0.1) is 10.7 Å². The number of halogens is 4. The zero-order valence-electron chi connectivity index (χ0n) is 22.4. The van der Waals surface area contributed by atoms with Gasteiger partial charge in [-0.2, -0.15) is 13.2 Å². The summed E-state index contributed by atoms with van der Waals surface area (Å²) in [5, 5.41) is 10.3. The first kappa shape index (κ1) is 29.9. The SMILES string of the molecule is CC(C)(C)[Si](C)(C)Oc1c(Cl)cc([C@@](O)(C#CC2CC2)C(F)(F)F)c(N)c1O[Si](C)(C)C(C)(C)C. The minimum Gasteiger partial charge on any atom is -0.540 e. The second-order valence-electron chi connectivity index (χ2n) is 12.5. The Kier molecular flexibility index (Phi) is 7.85. The summed E-state index contributed by atoms with van der Waals surface area (Å²) in [6, 6.07) is 1.02. The molecule has 1 aromatic rings. The molecule has 1 fully saturated rings. The number of hydrogen-bond donors (Lipinski definition) is 2. The van der Waals surface area contributed by atoms with E-state index in [1.807, 2.05) is 67.7 Å². The fourth-order valence-electron chi connectivity index (χ4n) is 2.66. The molecule has 0 aliphatic heterocycles. The van der Waals surface area contributed by atoms with Crippen LogP contribution in [0.4, 0.5) is 18.9 Å². The second kappa shape index (κ2) is 9.19. The first-order chi connectivity index (χ1) is 15.4. The lowest BCUT2D eigenvalue weighted by atomic mass is 9.91. The molecule has 35 heavy (non-hydrogen) atoms. The minimum atomic E-state index is -5.11. The Hall–Kier alpha value is -1.35. The van der Waals surface area contributed by atoms with E-state index in [4.69, 9.17) is 26.2 Å². The van der Waals surface area contributed by atoms with Crippen LogP contribution in [0.3, 0.4) is 0 Å². The van der Waals surface area contributed by atoms with Gasteiger partial charge in [-0.15, -0.1) is 0 Å². The van der Waals surface area contributed by atoms with Crippen molar-refractivity contribution < 1.29 is 27.1 Å². The van der Waals surface area contributed by atoms with Crippen LogP contribution in [0.15, 0.2) is 6.07 Å². The molecule has 0 heterocycles. The summed E-state index contributed by atoms with van der Waals surface area (Å²) in [7, 11) is -5.10. The molecule has 1 aliphatic rings. The van der Waals surface area contributed by atoms with E-state index in [0.717, 1.165) is 6.07 Å². The van der Waals surface area contributed by atoms with Gasteiger partial charge in [0.25, 0.3) is 16.6 Å². The third-order valence-electron chi connectivity index (χ3n) is 7.39. The number of aliphatic hydroxyl groups is 1. The zero-order valence-corrected chi connectivity index (χ0v) is 25.2. The minimum absolute atomic E-state index is 0.0557. The molecule has 2 rings (SSSR count). The van der Waals surface area contributed by atoms with Gasteiger partial charge in [0.15, 0.2) is 11.5 Å². The van der Waals surface area contributed by atoms with Crippen LogP contribution < -0.4 is 14.6 Å². The fraction of sp³-hybridized carbons (Fsp3) is 0.680. The van der Waals surface area contributed by atoms with E-state index in [9.17, 15) is 18.3 Å². The van der Waals surface area contributed by atoms with Crippen LogP contribution in [0.5, 0.6) is 11.5 Å². The molecular weight excluding hydrogens is 511 g/mol. The highest BCUT2D eigenvalue weighted by molar-refractivity contribution is 6.75. The van der Waals surface area contributed by atoms with Crippen molar-refractivity contribution in [3.63, 3.8) is 0 Å². The number of anilines is 1. The molecular formula is C25H39ClF3NO3Si2. The van der Waals surface area contributed by atoms with Crippen molar-refractivity contribution in [3.05, 3.63) is 16.7 Å². The predicted molar refractivity (Wildman–Crippen MR) is 142 cm³/mol. The Morgan fingerprint density at radius 2 is 1.37 bits per heavy atom. The number of nitrogens with two attached hydrogens (primary N) is 1. The molecule has 198 valence electrons. The lowest BCUT2D eigenvalue weighted by molar-refractivity contribution is -0.240. The van der Waals surface area contributed by atoms with E-state index in [1.165, 1.54) is 0 Å². The van der Waals surface area contributed by atoms with Crippen LogP contribution in [0.25, 0.3) is 0 Å². The molecule has 1 atom stereocenters. The molecule has 0 unspecified atom stereocenters. The average Bonchev–Trinajstić information content (AvgIpc) is 3.47. The summed E-state index contributed by atoms with van der Waals surface area (Å²) in [6.07, 6.45) is -3.70. The van der Waals surface area contributed by atoms with Crippen LogP contribution in [-0.2, 0) is 5.60 Å². The molecule has 0 amide bonds. The van der Waals surface area contributed by atoms with E-state index >= 15 is 0 Å². The summed E-state index contributed by atoms with van der Waals surface area (Å²) in [5.41, 5.74) is 1.88. The van der Waals surface area contributed by atoms with E-state index < -0.39 is 34.0 Å². The molecule has 10 heteroatoms. The molecule has 0 bridgehead atoms. The number of benzene rings is 1. The summed E-state index contributed by atoms with van der Waals surface area (Å²) in [6.45, 7) is 20.0. The first-order valence-corrected chi connectivity index (χ1v) is 18.0. The summed E-state index contributed by atoms with van der Waals surface area (Å²) < 4.78 is 55.7.